The van der Waals surface area contributed by atoms with E-state index < -0.39 is 6.10 Å². The molecule has 0 spiro atoms. The molecule has 0 aliphatic heterocycles. The number of oxime groups is 1. The first kappa shape index (κ1) is 14.2. The van der Waals surface area contributed by atoms with E-state index in [0.29, 0.717) is 10.6 Å². The normalized spacial score (nSPS) is 15.6. The Morgan fingerprint density at radius 2 is 2.12 bits per heavy atom. The molecule has 94 valence electrons. The number of hydrogen-bond donors (Lipinski definition) is 3. The van der Waals surface area contributed by atoms with Crippen molar-refractivity contribution in [2.45, 2.75) is 30.1 Å². The number of aliphatic hydroxyl groups is 1. The molecule has 0 aliphatic rings. The van der Waals surface area contributed by atoms with Gasteiger partial charge in [0.15, 0.2) is 5.84 Å². The Morgan fingerprint density at radius 3 is 2.65 bits per heavy atom. The van der Waals surface area contributed by atoms with Crippen molar-refractivity contribution in [2.75, 3.05) is 0 Å². The molecule has 1 rings (SSSR count). The van der Waals surface area contributed by atoms with Crippen LogP contribution in [0.1, 0.15) is 19.4 Å². The highest BCUT2D eigenvalue weighted by molar-refractivity contribution is 8.00. The first-order valence-corrected chi connectivity index (χ1v) is 6.34. The Kier molecular flexibility index (Phi) is 5.11. The molecule has 0 radical (unpaired) electrons. The van der Waals surface area contributed by atoms with Crippen LogP contribution in [0, 0.1) is 0 Å². The van der Waals surface area contributed by atoms with Crippen LogP contribution in [0.3, 0.4) is 0 Å². The summed E-state index contributed by atoms with van der Waals surface area (Å²) in [6.07, 6.45) is -0.459. The maximum absolute atomic E-state index is 9.47. The van der Waals surface area contributed by atoms with Gasteiger partial charge in [-0.1, -0.05) is 29.7 Å². The van der Waals surface area contributed by atoms with Gasteiger partial charge in [0.2, 0.25) is 0 Å². The Hall–Kier alpha value is -0.910. The fourth-order valence-electron chi connectivity index (χ4n) is 1.20. The Labute approximate surface area is 109 Å². The average Bonchev–Trinajstić information content (AvgIpc) is 2.28. The molecule has 0 aliphatic carbocycles. The van der Waals surface area contributed by atoms with Gasteiger partial charge in [0.05, 0.1) is 16.7 Å². The SMILES string of the molecule is CC(O)C(C)Sc1cccc(Cl)c1/C(N)=N/O. The molecule has 0 aromatic heterocycles. The van der Waals surface area contributed by atoms with Crippen molar-refractivity contribution in [3.05, 3.63) is 28.8 Å². The van der Waals surface area contributed by atoms with Gasteiger partial charge in [-0.05, 0) is 19.1 Å². The number of thioether (sulfide) groups is 1. The van der Waals surface area contributed by atoms with E-state index in [9.17, 15) is 5.11 Å². The molecule has 0 fully saturated rings. The van der Waals surface area contributed by atoms with Crippen LogP contribution in [0.25, 0.3) is 0 Å². The summed E-state index contributed by atoms with van der Waals surface area (Å²) in [4.78, 5) is 0.779. The molecule has 6 heteroatoms. The summed E-state index contributed by atoms with van der Waals surface area (Å²) in [5.41, 5.74) is 6.08. The summed E-state index contributed by atoms with van der Waals surface area (Å²) >= 11 is 7.45. The molecule has 4 nitrogen and oxygen atoms in total. The summed E-state index contributed by atoms with van der Waals surface area (Å²) in [7, 11) is 0. The topological polar surface area (TPSA) is 78.8 Å². The first-order chi connectivity index (χ1) is 7.97. The zero-order chi connectivity index (χ0) is 13.0. The Balaban J connectivity index is 3.11. The summed E-state index contributed by atoms with van der Waals surface area (Å²) in [6.45, 7) is 3.61. The molecule has 0 bridgehead atoms. The van der Waals surface area contributed by atoms with Crippen LogP contribution in [0.15, 0.2) is 28.3 Å². The highest BCUT2D eigenvalue weighted by Crippen LogP contribution is 2.32. The summed E-state index contributed by atoms with van der Waals surface area (Å²) < 4.78 is 0. The largest absolute Gasteiger partial charge is 0.409 e. The minimum Gasteiger partial charge on any atom is -0.409 e. The summed E-state index contributed by atoms with van der Waals surface area (Å²) in [5.74, 6) is -0.0316. The van der Waals surface area contributed by atoms with E-state index in [1.807, 2.05) is 13.0 Å². The van der Waals surface area contributed by atoms with Gasteiger partial charge in [0.25, 0.3) is 0 Å². The predicted molar refractivity (Wildman–Crippen MR) is 71.0 cm³/mol. The highest BCUT2D eigenvalue weighted by atomic mass is 35.5. The van der Waals surface area contributed by atoms with E-state index in [4.69, 9.17) is 22.5 Å². The van der Waals surface area contributed by atoms with Gasteiger partial charge in [-0.2, -0.15) is 0 Å². The zero-order valence-corrected chi connectivity index (χ0v) is 11.2. The summed E-state index contributed by atoms with van der Waals surface area (Å²) in [5, 5.41) is 21.6. The maximum Gasteiger partial charge on any atom is 0.172 e. The molecule has 0 amide bonds. The molecular weight excluding hydrogens is 260 g/mol. The van der Waals surface area contributed by atoms with Crippen LogP contribution in [-0.2, 0) is 0 Å². The van der Waals surface area contributed by atoms with Crippen molar-refractivity contribution in [2.24, 2.45) is 10.9 Å². The quantitative estimate of drug-likeness (QED) is 0.259. The average molecular weight is 275 g/mol. The molecule has 0 saturated carbocycles. The molecule has 2 unspecified atom stereocenters. The number of benzene rings is 1. The lowest BCUT2D eigenvalue weighted by Crippen LogP contribution is -2.18. The van der Waals surface area contributed by atoms with E-state index in [1.165, 1.54) is 11.8 Å². The number of rotatable bonds is 4. The van der Waals surface area contributed by atoms with Crippen LogP contribution in [-0.4, -0.2) is 27.5 Å². The lowest BCUT2D eigenvalue weighted by Gasteiger charge is -2.16. The Morgan fingerprint density at radius 1 is 1.47 bits per heavy atom. The molecule has 4 N–H and O–H groups in total. The van der Waals surface area contributed by atoms with Crippen molar-refractivity contribution < 1.29 is 10.3 Å². The molecule has 0 saturated heterocycles. The van der Waals surface area contributed by atoms with Gasteiger partial charge in [0.1, 0.15) is 0 Å². The smallest absolute Gasteiger partial charge is 0.172 e. The fraction of sp³-hybridized carbons (Fsp3) is 0.364. The molecule has 0 heterocycles. The van der Waals surface area contributed by atoms with Crippen molar-refractivity contribution in [3.8, 4) is 0 Å². The first-order valence-electron chi connectivity index (χ1n) is 5.08. The number of aliphatic hydroxyl groups excluding tert-OH is 1. The maximum atomic E-state index is 9.47. The van der Waals surface area contributed by atoms with Crippen LogP contribution < -0.4 is 5.73 Å². The second-order valence-corrected chi connectivity index (χ2v) is 5.49. The number of nitrogens with zero attached hydrogens (tertiary/aromatic N) is 1. The zero-order valence-electron chi connectivity index (χ0n) is 9.59. The number of hydrogen-bond acceptors (Lipinski definition) is 4. The number of amidine groups is 1. The fourth-order valence-corrected chi connectivity index (χ4v) is 2.61. The van der Waals surface area contributed by atoms with Crippen molar-refractivity contribution in [1.29, 1.82) is 0 Å². The molecule has 1 aromatic carbocycles. The van der Waals surface area contributed by atoms with Gasteiger partial charge >= 0.3 is 0 Å². The van der Waals surface area contributed by atoms with Crippen molar-refractivity contribution in [1.82, 2.24) is 0 Å². The standard InChI is InChI=1S/C11H15ClN2O2S/c1-6(15)7(2)17-9-5-3-4-8(12)10(9)11(13)14-16/h3-7,15-16H,1-2H3,(H2,13,14). The van der Waals surface area contributed by atoms with Crippen LogP contribution in [0.2, 0.25) is 5.02 Å². The monoisotopic (exact) mass is 274 g/mol. The minimum absolute atomic E-state index is 0.0151. The van der Waals surface area contributed by atoms with Gasteiger partial charge in [0, 0.05) is 10.1 Å². The van der Waals surface area contributed by atoms with Gasteiger partial charge < -0.3 is 16.0 Å². The van der Waals surface area contributed by atoms with Gasteiger partial charge in [-0.15, -0.1) is 11.8 Å². The number of halogens is 1. The van der Waals surface area contributed by atoms with E-state index in [0.717, 1.165) is 4.90 Å². The lowest BCUT2D eigenvalue weighted by atomic mass is 10.2. The molecule has 1 aromatic rings. The molecular formula is C11H15ClN2O2S. The van der Waals surface area contributed by atoms with Crippen molar-refractivity contribution in [3.63, 3.8) is 0 Å². The second-order valence-electron chi connectivity index (χ2n) is 3.66. The number of nitrogens with two attached hydrogens (primary N) is 1. The van der Waals surface area contributed by atoms with Crippen molar-refractivity contribution >= 4 is 29.2 Å². The van der Waals surface area contributed by atoms with E-state index >= 15 is 0 Å². The second kappa shape index (κ2) is 6.14. The third-order valence-electron chi connectivity index (χ3n) is 2.33. The van der Waals surface area contributed by atoms with Gasteiger partial charge in [-0.25, -0.2) is 0 Å². The lowest BCUT2D eigenvalue weighted by molar-refractivity contribution is 0.196. The third kappa shape index (κ3) is 3.52. The van der Waals surface area contributed by atoms with Crippen LogP contribution >= 0.6 is 23.4 Å². The van der Waals surface area contributed by atoms with Gasteiger partial charge in [-0.3, -0.25) is 0 Å². The predicted octanol–water partition coefficient (Wildman–Crippen LogP) is 2.30. The third-order valence-corrected chi connectivity index (χ3v) is 4.01. The van der Waals surface area contributed by atoms with Crippen LogP contribution in [0.4, 0.5) is 0 Å². The molecule has 17 heavy (non-hydrogen) atoms. The Bertz CT molecular complexity index is 424. The van der Waals surface area contributed by atoms with E-state index in [1.54, 1.807) is 19.1 Å². The van der Waals surface area contributed by atoms with E-state index in [2.05, 4.69) is 5.16 Å². The minimum atomic E-state index is -0.459. The molecule has 2 atom stereocenters. The van der Waals surface area contributed by atoms with E-state index in [-0.39, 0.29) is 11.1 Å². The van der Waals surface area contributed by atoms with Crippen LogP contribution in [0.5, 0.6) is 0 Å². The highest BCUT2D eigenvalue weighted by Gasteiger charge is 2.17. The summed E-state index contributed by atoms with van der Waals surface area (Å²) in [6, 6.07) is 5.28.